The van der Waals surface area contributed by atoms with Crippen LogP contribution in [0.4, 0.5) is 0 Å². The third-order valence-corrected chi connectivity index (χ3v) is 1.78. The van der Waals surface area contributed by atoms with E-state index in [0.29, 0.717) is 6.61 Å². The zero-order chi connectivity index (χ0) is 11.1. The minimum Gasteiger partial charge on any atom is -0.418 e. The molecule has 4 nitrogen and oxygen atoms in total. The molecule has 1 aromatic carbocycles. The quantitative estimate of drug-likeness (QED) is 0.264. The molecule has 0 aliphatic carbocycles. The summed E-state index contributed by atoms with van der Waals surface area (Å²) in [6, 6.07) is 9.16. The van der Waals surface area contributed by atoms with Crippen LogP contribution in [0.5, 0.6) is 0 Å². The van der Waals surface area contributed by atoms with Crippen LogP contribution in [0.1, 0.15) is 11.7 Å². The second kappa shape index (κ2) is 5.82. The van der Waals surface area contributed by atoms with E-state index in [1.807, 2.05) is 30.3 Å². The standard InChI is InChI=1S/C11H13NO3/c1-2-8-15-11(9-12(13)14)10-6-4-3-5-7-10/h2-7,9,11H,1,8H2,(H,13,14). The average Bonchev–Trinajstić information content (AvgIpc) is 2.25. The van der Waals surface area contributed by atoms with Crippen molar-refractivity contribution >= 4 is 6.21 Å². The monoisotopic (exact) mass is 207 g/mol. The molecule has 0 aromatic heterocycles. The van der Waals surface area contributed by atoms with E-state index in [1.54, 1.807) is 6.08 Å². The molecule has 0 amide bonds. The molecule has 1 N–H and O–H groups in total. The lowest BCUT2D eigenvalue weighted by Gasteiger charge is -2.09. The van der Waals surface area contributed by atoms with Crippen LogP contribution in [0.3, 0.4) is 0 Å². The third-order valence-electron chi connectivity index (χ3n) is 1.78. The average molecular weight is 207 g/mol. The third kappa shape index (κ3) is 3.83. The molecule has 1 rings (SSSR count). The smallest absolute Gasteiger partial charge is 0.242 e. The van der Waals surface area contributed by atoms with Gasteiger partial charge in [-0.05, 0) is 5.56 Å². The molecule has 80 valence electrons. The molecular formula is C11H13NO3. The fourth-order valence-electron chi connectivity index (χ4n) is 1.16. The van der Waals surface area contributed by atoms with Crippen LogP contribution in [-0.4, -0.2) is 22.9 Å². The van der Waals surface area contributed by atoms with Crippen LogP contribution in [0, 0.1) is 5.21 Å². The topological polar surface area (TPSA) is 55.5 Å². The molecule has 0 bridgehead atoms. The minimum atomic E-state index is -0.563. The second-order valence-electron chi connectivity index (χ2n) is 2.90. The maximum absolute atomic E-state index is 10.5. The maximum atomic E-state index is 10.5. The van der Waals surface area contributed by atoms with Crippen molar-refractivity contribution < 1.29 is 14.8 Å². The van der Waals surface area contributed by atoms with Crippen molar-refractivity contribution in [2.24, 2.45) is 0 Å². The van der Waals surface area contributed by atoms with Gasteiger partial charge in [0.05, 0.1) is 6.61 Å². The molecule has 0 heterocycles. The summed E-state index contributed by atoms with van der Waals surface area (Å²) in [5.74, 6) is 0. The summed E-state index contributed by atoms with van der Waals surface area (Å²) in [5, 5.41) is 19.1. The summed E-state index contributed by atoms with van der Waals surface area (Å²) in [4.78, 5) is -0.249. The Morgan fingerprint density at radius 3 is 2.67 bits per heavy atom. The first-order valence-corrected chi connectivity index (χ1v) is 4.51. The molecule has 0 fully saturated rings. The fraction of sp³-hybridized carbons (Fsp3) is 0.182. The maximum Gasteiger partial charge on any atom is 0.242 e. The van der Waals surface area contributed by atoms with Gasteiger partial charge in [-0.1, -0.05) is 36.4 Å². The van der Waals surface area contributed by atoms with Gasteiger partial charge in [0.2, 0.25) is 6.21 Å². The molecule has 0 saturated heterocycles. The van der Waals surface area contributed by atoms with Crippen molar-refractivity contribution in [2.75, 3.05) is 6.61 Å². The van der Waals surface area contributed by atoms with Gasteiger partial charge in [0.25, 0.3) is 0 Å². The lowest BCUT2D eigenvalue weighted by Crippen LogP contribution is -2.12. The Bertz CT molecular complexity index is 331. The van der Waals surface area contributed by atoms with Gasteiger partial charge in [0.1, 0.15) is 0 Å². The van der Waals surface area contributed by atoms with E-state index in [4.69, 9.17) is 9.94 Å². The molecule has 1 atom stereocenters. The molecule has 15 heavy (non-hydrogen) atoms. The lowest BCUT2D eigenvalue weighted by molar-refractivity contribution is -0.724. The first-order valence-electron chi connectivity index (χ1n) is 4.51. The molecule has 1 aromatic rings. The van der Waals surface area contributed by atoms with Gasteiger partial charge in [-0.15, -0.1) is 6.58 Å². The van der Waals surface area contributed by atoms with Crippen molar-refractivity contribution in [1.29, 1.82) is 0 Å². The predicted molar refractivity (Wildman–Crippen MR) is 56.8 cm³/mol. The van der Waals surface area contributed by atoms with Gasteiger partial charge < -0.3 is 9.94 Å². The summed E-state index contributed by atoms with van der Waals surface area (Å²) in [5.41, 5.74) is 0.800. The van der Waals surface area contributed by atoms with Crippen molar-refractivity contribution in [2.45, 2.75) is 6.10 Å². The van der Waals surface area contributed by atoms with Crippen LogP contribution in [0.25, 0.3) is 0 Å². The van der Waals surface area contributed by atoms with E-state index in [0.717, 1.165) is 11.8 Å². The van der Waals surface area contributed by atoms with E-state index < -0.39 is 6.10 Å². The predicted octanol–water partition coefficient (Wildman–Crippen LogP) is 1.90. The van der Waals surface area contributed by atoms with Crippen molar-refractivity contribution in [3.8, 4) is 0 Å². The van der Waals surface area contributed by atoms with E-state index in [1.165, 1.54) is 0 Å². The van der Waals surface area contributed by atoms with Crippen LogP contribution in [-0.2, 0) is 4.74 Å². The largest absolute Gasteiger partial charge is 0.418 e. The molecule has 0 aliphatic heterocycles. The molecule has 1 unspecified atom stereocenters. The Morgan fingerprint density at radius 1 is 1.47 bits per heavy atom. The van der Waals surface area contributed by atoms with Crippen LogP contribution >= 0.6 is 0 Å². The molecule has 0 radical (unpaired) electrons. The van der Waals surface area contributed by atoms with Gasteiger partial charge in [0.15, 0.2) is 6.10 Å². The number of rotatable bonds is 5. The van der Waals surface area contributed by atoms with Gasteiger partial charge in [0, 0.05) is 4.90 Å². The highest BCUT2D eigenvalue weighted by Gasteiger charge is 2.13. The number of hydrogen-bond acceptors (Lipinski definition) is 3. The molecule has 4 heteroatoms. The van der Waals surface area contributed by atoms with Gasteiger partial charge in [-0.25, -0.2) is 0 Å². The van der Waals surface area contributed by atoms with Crippen molar-refractivity contribution in [3.05, 3.63) is 53.8 Å². The normalized spacial score (nSPS) is 13.5. The molecular weight excluding hydrogens is 194 g/mol. The van der Waals surface area contributed by atoms with E-state index in [9.17, 15) is 5.21 Å². The molecule has 0 aliphatic rings. The highest BCUT2D eigenvalue weighted by molar-refractivity contribution is 5.61. The summed E-state index contributed by atoms with van der Waals surface area (Å²) in [6.45, 7) is 3.82. The summed E-state index contributed by atoms with van der Waals surface area (Å²) in [6.07, 6.45) is 2.06. The Morgan fingerprint density at radius 2 is 2.13 bits per heavy atom. The number of ether oxygens (including phenoxy) is 1. The van der Waals surface area contributed by atoms with Crippen molar-refractivity contribution in [1.82, 2.24) is 0 Å². The molecule has 0 saturated carbocycles. The SMILES string of the molecule is C=CCOC(/C=[N+](\[O-])O)c1ccccc1. The Hall–Kier alpha value is -1.81. The number of benzene rings is 1. The van der Waals surface area contributed by atoms with Gasteiger partial charge in [-0.2, -0.15) is 0 Å². The molecule has 0 spiro atoms. The van der Waals surface area contributed by atoms with Gasteiger partial charge >= 0.3 is 0 Å². The van der Waals surface area contributed by atoms with Crippen molar-refractivity contribution in [3.63, 3.8) is 0 Å². The first kappa shape index (κ1) is 11.3. The Labute approximate surface area is 88.3 Å². The summed E-state index contributed by atoms with van der Waals surface area (Å²) >= 11 is 0. The van der Waals surface area contributed by atoms with E-state index >= 15 is 0 Å². The van der Waals surface area contributed by atoms with Crippen LogP contribution < -0.4 is 0 Å². The fourth-order valence-corrected chi connectivity index (χ4v) is 1.16. The highest BCUT2D eigenvalue weighted by atomic mass is 16.8. The second-order valence-corrected chi connectivity index (χ2v) is 2.90. The number of nitrogens with zero attached hydrogens (tertiary/aromatic N) is 1. The van der Waals surface area contributed by atoms with Gasteiger partial charge in [-0.3, -0.25) is 5.21 Å². The summed E-state index contributed by atoms with van der Waals surface area (Å²) in [7, 11) is 0. The van der Waals surface area contributed by atoms with Crippen LogP contribution in [0.15, 0.2) is 43.0 Å². The Balaban J connectivity index is 2.81. The lowest BCUT2D eigenvalue weighted by atomic mass is 10.1. The minimum absolute atomic E-state index is 0.249. The summed E-state index contributed by atoms with van der Waals surface area (Å²) < 4.78 is 5.31. The zero-order valence-electron chi connectivity index (χ0n) is 8.24. The van der Waals surface area contributed by atoms with Crippen LogP contribution in [0.2, 0.25) is 0 Å². The number of hydrogen-bond donors (Lipinski definition) is 1. The van der Waals surface area contributed by atoms with E-state index in [2.05, 4.69) is 6.58 Å². The highest BCUT2D eigenvalue weighted by Crippen LogP contribution is 2.14. The Kier molecular flexibility index (Phi) is 4.37. The first-order chi connectivity index (χ1) is 7.24. The zero-order valence-corrected chi connectivity index (χ0v) is 8.24. The van der Waals surface area contributed by atoms with E-state index in [-0.39, 0.29) is 4.90 Å².